The quantitative estimate of drug-likeness (QED) is 0.902. The van der Waals surface area contributed by atoms with E-state index >= 15 is 0 Å². The molecule has 0 aliphatic heterocycles. The standard InChI is InChI=1S/C16H20FN3/c1-8(2)16-19-14(11(5)15(18)20-16)13-10(4)6-9(3)7-12(13)17/h6-8H,1-5H3,(H2,18,19,20). The second-order valence-electron chi connectivity index (χ2n) is 5.53. The Morgan fingerprint density at radius 2 is 1.75 bits per heavy atom. The third kappa shape index (κ3) is 2.50. The van der Waals surface area contributed by atoms with Gasteiger partial charge in [-0.1, -0.05) is 19.9 Å². The molecule has 1 heterocycles. The van der Waals surface area contributed by atoms with Crippen LogP contribution in [0.4, 0.5) is 10.2 Å². The maximum absolute atomic E-state index is 14.3. The number of benzene rings is 1. The second-order valence-corrected chi connectivity index (χ2v) is 5.53. The predicted octanol–water partition coefficient (Wildman–Crippen LogP) is 3.91. The van der Waals surface area contributed by atoms with Crippen LogP contribution in [0.15, 0.2) is 12.1 Å². The van der Waals surface area contributed by atoms with Crippen molar-refractivity contribution in [2.45, 2.75) is 40.5 Å². The molecule has 0 unspecified atom stereocenters. The van der Waals surface area contributed by atoms with Crippen LogP contribution < -0.4 is 5.73 Å². The molecule has 0 aliphatic carbocycles. The van der Waals surface area contributed by atoms with Crippen molar-refractivity contribution >= 4 is 5.82 Å². The summed E-state index contributed by atoms with van der Waals surface area (Å²) in [5, 5.41) is 0. The molecule has 0 radical (unpaired) electrons. The maximum Gasteiger partial charge on any atom is 0.133 e. The number of hydrogen-bond donors (Lipinski definition) is 1. The van der Waals surface area contributed by atoms with Gasteiger partial charge < -0.3 is 5.73 Å². The molecule has 1 aromatic carbocycles. The highest BCUT2D eigenvalue weighted by molar-refractivity contribution is 5.71. The fourth-order valence-corrected chi connectivity index (χ4v) is 2.27. The average molecular weight is 273 g/mol. The van der Waals surface area contributed by atoms with Gasteiger partial charge in [-0.05, 0) is 38.0 Å². The predicted molar refractivity (Wildman–Crippen MR) is 80.1 cm³/mol. The Morgan fingerprint density at radius 3 is 2.30 bits per heavy atom. The lowest BCUT2D eigenvalue weighted by Gasteiger charge is -2.15. The van der Waals surface area contributed by atoms with Gasteiger partial charge in [0.2, 0.25) is 0 Å². The van der Waals surface area contributed by atoms with Crippen molar-refractivity contribution in [3.63, 3.8) is 0 Å². The molecule has 4 heteroatoms. The van der Waals surface area contributed by atoms with Gasteiger partial charge in [-0.25, -0.2) is 14.4 Å². The van der Waals surface area contributed by atoms with Crippen LogP contribution >= 0.6 is 0 Å². The number of aryl methyl sites for hydroxylation is 2. The van der Waals surface area contributed by atoms with Crippen LogP contribution in [0.5, 0.6) is 0 Å². The molecule has 3 nitrogen and oxygen atoms in total. The minimum absolute atomic E-state index is 0.144. The van der Waals surface area contributed by atoms with Crippen LogP contribution in [0, 0.1) is 26.6 Å². The Kier molecular flexibility index (Phi) is 3.75. The van der Waals surface area contributed by atoms with E-state index in [0.717, 1.165) is 16.7 Å². The number of nitrogen functional groups attached to an aromatic ring is 1. The molecule has 0 spiro atoms. The molecule has 2 aromatic rings. The van der Waals surface area contributed by atoms with Gasteiger partial charge in [-0.15, -0.1) is 0 Å². The first kappa shape index (κ1) is 14.4. The molecule has 0 fully saturated rings. The molecule has 1 aromatic heterocycles. The van der Waals surface area contributed by atoms with Gasteiger partial charge in [-0.3, -0.25) is 0 Å². The highest BCUT2D eigenvalue weighted by Crippen LogP contribution is 2.31. The van der Waals surface area contributed by atoms with Gasteiger partial charge in [-0.2, -0.15) is 0 Å². The lowest BCUT2D eigenvalue weighted by Crippen LogP contribution is -2.07. The number of halogens is 1. The number of anilines is 1. The summed E-state index contributed by atoms with van der Waals surface area (Å²) in [6, 6.07) is 3.47. The summed E-state index contributed by atoms with van der Waals surface area (Å²) in [5.41, 5.74) is 9.54. The molecule has 2 rings (SSSR count). The van der Waals surface area contributed by atoms with Gasteiger partial charge in [0, 0.05) is 17.0 Å². The normalized spacial score (nSPS) is 11.2. The summed E-state index contributed by atoms with van der Waals surface area (Å²) < 4.78 is 14.3. The van der Waals surface area contributed by atoms with E-state index in [1.54, 1.807) is 0 Å². The number of hydrogen-bond acceptors (Lipinski definition) is 3. The van der Waals surface area contributed by atoms with E-state index in [9.17, 15) is 4.39 Å². The molecule has 0 atom stereocenters. The SMILES string of the molecule is Cc1cc(C)c(-c2nc(C(C)C)nc(N)c2C)c(F)c1. The van der Waals surface area contributed by atoms with E-state index in [4.69, 9.17) is 5.73 Å². The van der Waals surface area contributed by atoms with Crippen LogP contribution in [0.1, 0.15) is 42.3 Å². The van der Waals surface area contributed by atoms with E-state index < -0.39 is 0 Å². The highest BCUT2D eigenvalue weighted by atomic mass is 19.1. The summed E-state index contributed by atoms with van der Waals surface area (Å²) in [6.45, 7) is 9.57. The van der Waals surface area contributed by atoms with E-state index in [-0.39, 0.29) is 11.7 Å². The van der Waals surface area contributed by atoms with Crippen LogP contribution in [-0.4, -0.2) is 9.97 Å². The molecule has 106 valence electrons. The molecule has 2 N–H and O–H groups in total. The lowest BCUT2D eigenvalue weighted by atomic mass is 9.99. The summed E-state index contributed by atoms with van der Waals surface area (Å²) in [6.07, 6.45) is 0. The topological polar surface area (TPSA) is 51.8 Å². The molecule has 0 saturated heterocycles. The van der Waals surface area contributed by atoms with Crippen molar-refractivity contribution in [3.05, 3.63) is 40.5 Å². The second kappa shape index (κ2) is 5.19. The first-order valence-electron chi connectivity index (χ1n) is 6.72. The minimum atomic E-state index is -0.265. The molecular formula is C16H20FN3. The minimum Gasteiger partial charge on any atom is -0.383 e. The van der Waals surface area contributed by atoms with Gasteiger partial charge in [0.25, 0.3) is 0 Å². The number of nitrogens with two attached hydrogens (primary N) is 1. The summed E-state index contributed by atoms with van der Waals surface area (Å²) in [5.74, 6) is 0.935. The smallest absolute Gasteiger partial charge is 0.133 e. The van der Waals surface area contributed by atoms with Crippen molar-refractivity contribution in [1.82, 2.24) is 9.97 Å². The Hall–Kier alpha value is -1.97. The Balaban J connectivity index is 2.76. The van der Waals surface area contributed by atoms with Crippen LogP contribution in [-0.2, 0) is 0 Å². The maximum atomic E-state index is 14.3. The largest absolute Gasteiger partial charge is 0.383 e. The zero-order valence-corrected chi connectivity index (χ0v) is 12.6. The van der Waals surface area contributed by atoms with Crippen molar-refractivity contribution in [1.29, 1.82) is 0 Å². The number of nitrogens with zero attached hydrogens (tertiary/aromatic N) is 2. The summed E-state index contributed by atoms with van der Waals surface area (Å²) in [7, 11) is 0. The Morgan fingerprint density at radius 1 is 1.10 bits per heavy atom. The van der Waals surface area contributed by atoms with E-state index in [2.05, 4.69) is 9.97 Å². The molecule has 0 saturated carbocycles. The monoisotopic (exact) mass is 273 g/mol. The Labute approximate surface area is 119 Å². The van der Waals surface area contributed by atoms with Gasteiger partial charge in [0.05, 0.1) is 5.69 Å². The van der Waals surface area contributed by atoms with Crippen molar-refractivity contribution < 1.29 is 4.39 Å². The third-order valence-electron chi connectivity index (χ3n) is 3.39. The van der Waals surface area contributed by atoms with Crippen molar-refractivity contribution in [2.24, 2.45) is 0 Å². The van der Waals surface area contributed by atoms with Crippen molar-refractivity contribution in [2.75, 3.05) is 5.73 Å². The van der Waals surface area contributed by atoms with Crippen molar-refractivity contribution in [3.8, 4) is 11.3 Å². The highest BCUT2D eigenvalue weighted by Gasteiger charge is 2.17. The zero-order chi connectivity index (χ0) is 15.0. The van der Waals surface area contributed by atoms with Crippen LogP contribution in [0.3, 0.4) is 0 Å². The molecule has 0 amide bonds. The molecule has 20 heavy (non-hydrogen) atoms. The third-order valence-corrected chi connectivity index (χ3v) is 3.39. The fraction of sp³-hybridized carbons (Fsp3) is 0.375. The van der Waals surface area contributed by atoms with E-state index in [1.165, 1.54) is 6.07 Å². The summed E-state index contributed by atoms with van der Waals surface area (Å²) >= 11 is 0. The molecule has 0 aliphatic rings. The number of rotatable bonds is 2. The van der Waals surface area contributed by atoms with Gasteiger partial charge in [0.15, 0.2) is 0 Å². The van der Waals surface area contributed by atoms with E-state index in [1.807, 2.05) is 40.7 Å². The van der Waals surface area contributed by atoms with Crippen LogP contribution in [0.25, 0.3) is 11.3 Å². The Bertz CT molecular complexity index is 640. The van der Waals surface area contributed by atoms with Gasteiger partial charge in [0.1, 0.15) is 17.5 Å². The average Bonchev–Trinajstić information content (AvgIpc) is 2.32. The van der Waals surface area contributed by atoms with E-state index in [0.29, 0.717) is 22.9 Å². The molecular weight excluding hydrogens is 253 g/mol. The van der Waals surface area contributed by atoms with Gasteiger partial charge >= 0.3 is 0 Å². The fourth-order valence-electron chi connectivity index (χ4n) is 2.27. The summed E-state index contributed by atoms with van der Waals surface area (Å²) in [4.78, 5) is 8.80. The molecule has 0 bridgehead atoms. The zero-order valence-electron chi connectivity index (χ0n) is 12.6. The first-order chi connectivity index (χ1) is 9.31. The first-order valence-corrected chi connectivity index (χ1v) is 6.72. The van der Waals surface area contributed by atoms with Crippen LogP contribution in [0.2, 0.25) is 0 Å². The number of aromatic nitrogens is 2. The lowest BCUT2D eigenvalue weighted by molar-refractivity contribution is 0.627.